The predicted octanol–water partition coefficient (Wildman–Crippen LogP) is 0.180. The zero-order chi connectivity index (χ0) is 43.6. The molecule has 10 N–H and O–H groups in total. The second-order valence-corrected chi connectivity index (χ2v) is 19.4. The number of fused-ring (bicyclic) bond motifs is 1. The Labute approximate surface area is 346 Å². The van der Waals surface area contributed by atoms with Gasteiger partial charge in [-0.15, -0.1) is 0 Å². The average Bonchev–Trinajstić information content (AvgIpc) is 3.95. The van der Waals surface area contributed by atoms with Gasteiger partial charge >= 0.3 is 347 Å². The third-order valence-electron chi connectivity index (χ3n) is 9.49. The summed E-state index contributed by atoms with van der Waals surface area (Å²) in [6.45, 7) is 3.38. The summed E-state index contributed by atoms with van der Waals surface area (Å²) in [4.78, 5) is 96.1. The van der Waals surface area contributed by atoms with Crippen molar-refractivity contribution < 1.29 is 71.4 Å². The van der Waals surface area contributed by atoms with Crippen molar-refractivity contribution in [2.75, 3.05) is 30.4 Å². The van der Waals surface area contributed by atoms with E-state index in [4.69, 9.17) is 39.5 Å². The number of phosphoric acid groups is 1. The van der Waals surface area contributed by atoms with Crippen molar-refractivity contribution in [2.45, 2.75) is 113 Å². The van der Waals surface area contributed by atoms with Crippen LogP contribution in [0.1, 0.15) is 65.3 Å². The summed E-state index contributed by atoms with van der Waals surface area (Å²) < 4.78 is 52.6. The topological polar surface area (TPSA) is 360 Å². The molecule has 3 fully saturated rings. The number of nitrogens with zero attached hydrogens (tertiary/aromatic N) is 6. The first-order valence-electron chi connectivity index (χ1n) is 18.7. The second kappa shape index (κ2) is 18.8. The zero-order valence-corrected chi connectivity index (χ0v) is 35.3. The Morgan fingerprint density at radius 2 is 1.90 bits per heavy atom. The number of phosphoric ester groups is 1. The van der Waals surface area contributed by atoms with Crippen molar-refractivity contribution in [3.05, 3.63) is 35.4 Å². The van der Waals surface area contributed by atoms with Crippen molar-refractivity contribution in [1.29, 1.82) is 0 Å². The van der Waals surface area contributed by atoms with Crippen molar-refractivity contribution in [2.24, 2.45) is 0 Å². The van der Waals surface area contributed by atoms with E-state index in [9.17, 15) is 43.6 Å². The summed E-state index contributed by atoms with van der Waals surface area (Å²) in [6, 6.07) is 0.0700. The van der Waals surface area contributed by atoms with E-state index in [1.165, 1.54) is 23.2 Å². The van der Waals surface area contributed by atoms with E-state index >= 15 is 0 Å². The number of alkyl carbamates (subject to hydrolysis) is 1. The van der Waals surface area contributed by atoms with Gasteiger partial charge in [-0.25, -0.2) is 0 Å². The first-order valence-corrected chi connectivity index (χ1v) is 23.0. The fourth-order valence-electron chi connectivity index (χ4n) is 6.81. The Morgan fingerprint density at radius 1 is 1.13 bits per heavy atom. The minimum atomic E-state index is -5.32. The monoisotopic (exact) mass is 909 g/mol. The number of esters is 1. The number of carbonyl (C=O) groups is 2. The van der Waals surface area contributed by atoms with Crippen LogP contribution < -0.4 is 22.5 Å². The summed E-state index contributed by atoms with van der Waals surface area (Å²) in [6.07, 6.45) is -4.87. The number of imidazole rings is 1. The maximum atomic E-state index is 13.9. The van der Waals surface area contributed by atoms with E-state index in [1.54, 1.807) is 32.5 Å². The first-order chi connectivity index (χ1) is 28.2. The van der Waals surface area contributed by atoms with Gasteiger partial charge in [0.25, 0.3) is 0 Å². The SMILES string of the molecule is CC(C)(C)OC(=O)N[C@@H](CC[C@H]1CCCS1)C(=O)O[C@H]1[C@@H](O)[C@H](n2cnc3c(N)ncnc32)O[C@@H]1CO[PH](O)(O)O[C@H]1C[C@H](n2ccc(N)nc2=O)O[C@@H]1COP(=O)(O)O. The van der Waals surface area contributed by atoms with E-state index in [-0.39, 0.29) is 40.9 Å². The molecule has 3 saturated heterocycles. The van der Waals surface area contributed by atoms with Gasteiger partial charge in [0.1, 0.15) is 0 Å². The van der Waals surface area contributed by atoms with Crippen LogP contribution in [0.4, 0.5) is 16.4 Å². The molecule has 0 spiro atoms. The van der Waals surface area contributed by atoms with Gasteiger partial charge in [0.2, 0.25) is 0 Å². The molecule has 1 amide bonds. The summed E-state index contributed by atoms with van der Waals surface area (Å²) in [5.74, 6) is -0.0461. The molecule has 6 heterocycles. The van der Waals surface area contributed by atoms with Crippen LogP contribution in [0.15, 0.2) is 29.7 Å². The number of thioether (sulfide) groups is 1. The van der Waals surface area contributed by atoms with Gasteiger partial charge < -0.3 is 0 Å². The molecule has 3 aromatic rings. The number of aromatic nitrogens is 6. The van der Waals surface area contributed by atoms with E-state index in [0.29, 0.717) is 6.42 Å². The minimum absolute atomic E-state index is 0.0271. The van der Waals surface area contributed by atoms with Crippen LogP contribution in [0.2, 0.25) is 0 Å². The van der Waals surface area contributed by atoms with Gasteiger partial charge in [0, 0.05) is 0 Å². The van der Waals surface area contributed by atoms with E-state index in [1.807, 2.05) is 0 Å². The van der Waals surface area contributed by atoms with Crippen LogP contribution in [-0.2, 0) is 41.9 Å². The fourth-order valence-corrected chi connectivity index (χ4v) is 9.54. The standard InChI is InChI=1S/C32H49N9O16P2S/c1-32(2,3)56-31(45)38-17(7-6-16-5-4-10-60-16)29(43)55-25-20(54-28(24(25)42)41-15-37-23-26(34)35-14-36-27(23)41)13-52-59(49,50)57-18-11-22(40-9-8-21(33)39-30(40)44)53-19(18)12-51-58(46,47)48/h8-9,14-20,22,24-25,28,42,49-50,59H,4-7,10-13H2,1-3H3,(H,38,45)(H2,33,39,44)(H2,34,35,36)(H2,46,47,48)/t16-,17+,18+,19-,20-,22-,24-,25-,28-/m1/s1. The summed E-state index contributed by atoms with van der Waals surface area (Å²) in [7, 11) is -10.4. The number of ether oxygens (including phenoxy) is 4. The molecule has 334 valence electrons. The third-order valence-corrected chi connectivity index (χ3v) is 12.6. The van der Waals surface area contributed by atoms with Crippen molar-refractivity contribution >= 4 is 62.6 Å². The maximum absolute atomic E-state index is 13.9. The molecule has 6 rings (SSSR count). The van der Waals surface area contributed by atoms with Crippen LogP contribution in [0.3, 0.4) is 0 Å². The van der Waals surface area contributed by atoms with Gasteiger partial charge in [0.05, 0.1) is 0 Å². The number of aliphatic hydroxyl groups is 1. The number of aliphatic hydroxyl groups excluding tert-OH is 1. The number of carbonyl (C=O) groups excluding carboxylic acids is 2. The second-order valence-electron chi connectivity index (χ2n) is 15.2. The van der Waals surface area contributed by atoms with Crippen LogP contribution in [0, 0.1) is 0 Å². The molecule has 0 unspecified atom stereocenters. The number of anilines is 2. The quantitative estimate of drug-likeness (QED) is 0.0702. The molecule has 0 radical (unpaired) electrons. The fraction of sp³-hybridized carbons (Fsp3) is 0.656. The van der Waals surface area contributed by atoms with E-state index < -0.39 is 102 Å². The van der Waals surface area contributed by atoms with Crippen LogP contribution in [0.25, 0.3) is 11.2 Å². The number of hydrogen-bond acceptors (Lipinski definition) is 21. The van der Waals surface area contributed by atoms with Crippen LogP contribution >= 0.6 is 27.8 Å². The van der Waals surface area contributed by atoms with Crippen molar-refractivity contribution in [3.63, 3.8) is 0 Å². The average molecular weight is 910 g/mol. The summed E-state index contributed by atoms with van der Waals surface area (Å²) in [5, 5.41) is 14.5. The molecule has 0 saturated carbocycles. The van der Waals surface area contributed by atoms with Gasteiger partial charge in [-0.05, 0) is 0 Å². The Hall–Kier alpha value is -3.62. The Kier molecular flexibility index (Phi) is 14.4. The van der Waals surface area contributed by atoms with Crippen LogP contribution in [0.5, 0.6) is 0 Å². The van der Waals surface area contributed by atoms with Crippen molar-refractivity contribution in [3.8, 4) is 0 Å². The Balaban J connectivity index is 1.22. The normalized spacial score (nSPS) is 26.9. The summed E-state index contributed by atoms with van der Waals surface area (Å²) >= 11 is 1.76. The number of nitrogen functional groups attached to an aromatic ring is 2. The molecular weight excluding hydrogens is 860 g/mol. The molecular formula is C32H49N9O16P2S. The van der Waals surface area contributed by atoms with Gasteiger partial charge in [-0.2, -0.15) is 0 Å². The number of rotatable bonds is 16. The molecule has 0 aromatic carbocycles. The molecule has 9 atom stereocenters. The van der Waals surface area contributed by atoms with Gasteiger partial charge in [-0.1, -0.05) is 0 Å². The zero-order valence-electron chi connectivity index (χ0n) is 32.6. The number of nitrogens with one attached hydrogen (secondary N) is 1. The molecule has 3 aliphatic heterocycles. The number of nitrogens with two attached hydrogens (primary N) is 2. The van der Waals surface area contributed by atoms with Crippen molar-refractivity contribution in [1.82, 2.24) is 34.4 Å². The Bertz CT molecular complexity index is 2100. The molecule has 25 nitrogen and oxygen atoms in total. The predicted molar refractivity (Wildman–Crippen MR) is 210 cm³/mol. The van der Waals surface area contributed by atoms with Crippen LogP contribution in [-0.4, -0.2) is 132 Å². The van der Waals surface area contributed by atoms with E-state index in [0.717, 1.165) is 29.5 Å². The first kappa shape index (κ1) is 45.9. The molecule has 0 bridgehead atoms. The molecule has 60 heavy (non-hydrogen) atoms. The number of hydrogen-bond donors (Lipinski definition) is 8. The van der Waals surface area contributed by atoms with E-state index in [2.05, 4.69) is 29.8 Å². The van der Waals surface area contributed by atoms with Gasteiger partial charge in [-0.3, -0.25) is 0 Å². The molecule has 3 aromatic heterocycles. The Morgan fingerprint density at radius 3 is 2.58 bits per heavy atom. The molecule has 3 aliphatic rings. The molecule has 28 heteroatoms. The molecule has 0 aliphatic carbocycles. The third kappa shape index (κ3) is 11.8. The summed E-state index contributed by atoms with van der Waals surface area (Å²) in [5.41, 5.74) is 10.1. The van der Waals surface area contributed by atoms with Gasteiger partial charge in [0.15, 0.2) is 0 Å². The number of amides is 1.